The molecule has 0 spiro atoms. The molecule has 2 N–H and O–H groups in total. The average Bonchev–Trinajstić information content (AvgIpc) is 2.59. The molecule has 0 aromatic carbocycles. The summed E-state index contributed by atoms with van der Waals surface area (Å²) in [4.78, 5) is 11.4. The first-order chi connectivity index (χ1) is 10.0. The third-order valence-electron chi connectivity index (χ3n) is 2.96. The fourth-order valence-electron chi connectivity index (χ4n) is 2.15. The lowest BCUT2D eigenvalue weighted by Gasteiger charge is -2.16. The molecule has 1 aromatic rings. The van der Waals surface area contributed by atoms with E-state index in [1.807, 2.05) is 5.32 Å². The van der Waals surface area contributed by atoms with E-state index in [0.717, 1.165) is 4.68 Å². The second kappa shape index (κ2) is 6.93. The van der Waals surface area contributed by atoms with Crippen LogP contribution < -0.4 is 10.6 Å². The molecule has 22 heavy (non-hydrogen) atoms. The van der Waals surface area contributed by atoms with Crippen molar-refractivity contribution in [1.82, 2.24) is 20.4 Å². The number of alkyl halides is 5. The van der Waals surface area contributed by atoms with E-state index < -0.39 is 37.8 Å². The molecule has 1 heterocycles. The number of halogens is 5. The minimum atomic E-state index is -4.41. The molecule has 2 amide bonds. The zero-order chi connectivity index (χ0) is 17.1. The summed E-state index contributed by atoms with van der Waals surface area (Å²) in [5, 5.41) is 8.15. The molecule has 1 rings (SSSR count). The lowest BCUT2D eigenvalue weighted by molar-refractivity contribution is -0.143. The third kappa shape index (κ3) is 5.15. The maximum atomic E-state index is 12.4. The first-order valence-corrected chi connectivity index (χ1v) is 6.44. The quantitative estimate of drug-likeness (QED) is 0.817. The van der Waals surface area contributed by atoms with Gasteiger partial charge in [-0.3, -0.25) is 4.68 Å². The number of carbonyl (C=O) groups is 1. The maximum absolute atomic E-state index is 12.4. The number of nitrogens with one attached hydrogen (secondary N) is 2. The van der Waals surface area contributed by atoms with Crippen molar-refractivity contribution in [2.75, 3.05) is 6.54 Å². The zero-order valence-corrected chi connectivity index (χ0v) is 12.3. The van der Waals surface area contributed by atoms with Crippen molar-refractivity contribution >= 4 is 6.03 Å². The Balaban J connectivity index is 2.81. The molecule has 0 radical (unpaired) electrons. The Morgan fingerprint density at radius 1 is 1.32 bits per heavy atom. The van der Waals surface area contributed by atoms with Crippen molar-refractivity contribution in [3.05, 3.63) is 17.0 Å². The molecule has 0 saturated carbocycles. The Labute approximate surface area is 123 Å². The molecule has 10 heteroatoms. The Hall–Kier alpha value is -1.87. The Morgan fingerprint density at radius 2 is 1.91 bits per heavy atom. The van der Waals surface area contributed by atoms with E-state index in [1.54, 1.807) is 0 Å². The van der Waals surface area contributed by atoms with E-state index in [-0.39, 0.29) is 5.69 Å². The number of aromatic nitrogens is 2. The second-order valence-electron chi connectivity index (χ2n) is 4.82. The van der Waals surface area contributed by atoms with Crippen molar-refractivity contribution in [2.24, 2.45) is 0 Å². The van der Waals surface area contributed by atoms with Crippen LogP contribution in [0.25, 0.3) is 0 Å². The predicted octanol–water partition coefficient (Wildman–Crippen LogP) is 2.69. The summed E-state index contributed by atoms with van der Waals surface area (Å²) in [7, 11) is 0. The number of hydrogen-bond acceptors (Lipinski definition) is 2. The van der Waals surface area contributed by atoms with Crippen LogP contribution in [0.15, 0.2) is 0 Å². The van der Waals surface area contributed by atoms with E-state index >= 15 is 0 Å². The Bertz CT molecular complexity index is 526. The van der Waals surface area contributed by atoms with Gasteiger partial charge < -0.3 is 10.6 Å². The number of rotatable bonds is 5. The summed E-state index contributed by atoms with van der Waals surface area (Å²) < 4.78 is 62.1. The second-order valence-corrected chi connectivity index (χ2v) is 4.82. The normalized spacial score (nSPS) is 13.3. The highest BCUT2D eigenvalue weighted by Gasteiger charge is 2.30. The number of hydrogen-bond donors (Lipinski definition) is 2. The summed E-state index contributed by atoms with van der Waals surface area (Å²) in [6, 6.07) is -1.49. The standard InChI is InChI=1S/C12H17F5N4O/c1-6(19-11(22)18-4-9(13)14)10-7(2)20-21(8(10)3)5-12(15,16)17/h6,9H,4-5H2,1-3H3,(H2,18,19,22). The molecule has 0 bridgehead atoms. The highest BCUT2D eigenvalue weighted by atomic mass is 19.4. The number of nitrogens with zero attached hydrogens (tertiary/aromatic N) is 2. The van der Waals surface area contributed by atoms with Gasteiger partial charge in [-0.05, 0) is 20.8 Å². The molecule has 1 unspecified atom stereocenters. The van der Waals surface area contributed by atoms with Crippen LogP contribution in [0, 0.1) is 13.8 Å². The number of amides is 2. The van der Waals surface area contributed by atoms with Crippen molar-refractivity contribution in [1.29, 1.82) is 0 Å². The van der Waals surface area contributed by atoms with Crippen LogP contribution in [0.4, 0.5) is 26.7 Å². The Kier molecular flexibility index (Phi) is 5.72. The number of aryl methyl sites for hydroxylation is 1. The Morgan fingerprint density at radius 3 is 2.41 bits per heavy atom. The van der Waals surface area contributed by atoms with Gasteiger partial charge in [-0.25, -0.2) is 13.6 Å². The molecule has 1 atom stereocenters. The van der Waals surface area contributed by atoms with Crippen molar-refractivity contribution < 1.29 is 26.7 Å². The fraction of sp³-hybridized carbons (Fsp3) is 0.667. The van der Waals surface area contributed by atoms with Crippen LogP contribution in [0.3, 0.4) is 0 Å². The van der Waals surface area contributed by atoms with Gasteiger partial charge in [0.25, 0.3) is 6.43 Å². The van der Waals surface area contributed by atoms with Crippen molar-refractivity contribution in [2.45, 2.75) is 46.0 Å². The van der Waals surface area contributed by atoms with Gasteiger partial charge in [-0.1, -0.05) is 0 Å². The van der Waals surface area contributed by atoms with Gasteiger partial charge in [0.15, 0.2) is 0 Å². The van der Waals surface area contributed by atoms with Crippen LogP contribution in [0.1, 0.15) is 29.9 Å². The monoisotopic (exact) mass is 328 g/mol. The van der Waals surface area contributed by atoms with Crippen LogP contribution in [0.5, 0.6) is 0 Å². The van der Waals surface area contributed by atoms with E-state index in [1.165, 1.54) is 20.8 Å². The summed E-state index contributed by atoms with van der Waals surface area (Å²) >= 11 is 0. The van der Waals surface area contributed by atoms with Crippen molar-refractivity contribution in [3.8, 4) is 0 Å². The lowest BCUT2D eigenvalue weighted by atomic mass is 10.1. The van der Waals surface area contributed by atoms with Gasteiger partial charge in [-0.2, -0.15) is 18.3 Å². The SMILES string of the molecule is Cc1nn(CC(F)(F)F)c(C)c1C(C)NC(=O)NCC(F)F. The summed E-state index contributed by atoms with van der Waals surface area (Å²) in [6.45, 7) is 2.48. The number of carbonyl (C=O) groups excluding carboxylic acids is 1. The largest absolute Gasteiger partial charge is 0.408 e. The lowest BCUT2D eigenvalue weighted by Crippen LogP contribution is -2.39. The first kappa shape index (κ1) is 18.2. The molecular formula is C12H17F5N4O. The van der Waals surface area contributed by atoms with Gasteiger partial charge >= 0.3 is 12.2 Å². The highest BCUT2D eigenvalue weighted by Crippen LogP contribution is 2.24. The summed E-state index contributed by atoms with van der Waals surface area (Å²) in [5.41, 5.74) is 1.02. The minimum Gasteiger partial charge on any atom is -0.332 e. The van der Waals surface area contributed by atoms with Crippen LogP contribution in [-0.2, 0) is 6.54 Å². The van der Waals surface area contributed by atoms with Gasteiger partial charge in [0.2, 0.25) is 0 Å². The third-order valence-corrected chi connectivity index (χ3v) is 2.96. The molecule has 0 aliphatic heterocycles. The molecule has 0 aliphatic rings. The fourth-order valence-corrected chi connectivity index (χ4v) is 2.15. The van der Waals surface area contributed by atoms with E-state index in [9.17, 15) is 26.7 Å². The molecule has 1 aromatic heterocycles. The highest BCUT2D eigenvalue weighted by molar-refractivity contribution is 5.74. The topological polar surface area (TPSA) is 59.0 Å². The first-order valence-electron chi connectivity index (χ1n) is 6.44. The summed E-state index contributed by atoms with van der Waals surface area (Å²) in [5.74, 6) is 0. The van der Waals surface area contributed by atoms with Crippen LogP contribution in [0.2, 0.25) is 0 Å². The van der Waals surface area contributed by atoms with Gasteiger partial charge in [0, 0.05) is 11.3 Å². The van der Waals surface area contributed by atoms with Crippen molar-refractivity contribution in [3.63, 3.8) is 0 Å². The minimum absolute atomic E-state index is 0.261. The van der Waals surface area contributed by atoms with Crippen LogP contribution in [-0.4, -0.2) is 35.0 Å². The van der Waals surface area contributed by atoms with Gasteiger partial charge in [0.05, 0.1) is 18.3 Å². The summed E-state index contributed by atoms with van der Waals surface area (Å²) in [6.07, 6.45) is -7.09. The maximum Gasteiger partial charge on any atom is 0.408 e. The molecule has 0 saturated heterocycles. The predicted molar refractivity (Wildman–Crippen MR) is 68.7 cm³/mol. The average molecular weight is 328 g/mol. The van der Waals surface area contributed by atoms with E-state index in [4.69, 9.17) is 0 Å². The van der Waals surface area contributed by atoms with Gasteiger partial charge in [-0.15, -0.1) is 0 Å². The van der Waals surface area contributed by atoms with Gasteiger partial charge in [0.1, 0.15) is 6.54 Å². The molecule has 5 nitrogen and oxygen atoms in total. The molecule has 126 valence electrons. The zero-order valence-electron chi connectivity index (χ0n) is 12.3. The van der Waals surface area contributed by atoms with E-state index in [2.05, 4.69) is 10.4 Å². The van der Waals surface area contributed by atoms with Crippen LogP contribution >= 0.6 is 0 Å². The van der Waals surface area contributed by atoms with E-state index in [0.29, 0.717) is 11.3 Å². The smallest absolute Gasteiger partial charge is 0.332 e. The molecule has 0 fully saturated rings. The number of urea groups is 1. The molecule has 0 aliphatic carbocycles. The molecular weight excluding hydrogens is 311 g/mol.